The average molecular weight is 268 g/mol. The summed E-state index contributed by atoms with van der Waals surface area (Å²) in [5.41, 5.74) is -1.46. The fraction of sp³-hybridized carbons (Fsp3) is 0.375. The van der Waals surface area contributed by atoms with Crippen molar-refractivity contribution in [2.24, 2.45) is 0 Å². The van der Waals surface area contributed by atoms with Crippen LogP contribution in [0.25, 0.3) is 0 Å². The standard InChI is InChI=1S/C8H7F3N2O5/c1-17-6-2-5(13(15)16)4(3-14)7(12-6)18-8(9,10)11/h2,14H,3H2,1H3. The SMILES string of the molecule is COc1cc([N+](=O)[O-])c(CO)c(OC(F)(F)F)n1. The molecular weight excluding hydrogens is 261 g/mol. The number of halogens is 3. The van der Waals surface area contributed by atoms with E-state index in [9.17, 15) is 23.3 Å². The van der Waals surface area contributed by atoms with E-state index >= 15 is 0 Å². The van der Waals surface area contributed by atoms with Gasteiger partial charge in [0, 0.05) is 0 Å². The Labute approximate surface area is 97.9 Å². The normalized spacial score (nSPS) is 11.2. The van der Waals surface area contributed by atoms with E-state index in [4.69, 9.17) is 5.11 Å². The molecule has 100 valence electrons. The number of aliphatic hydroxyl groups excluding tert-OH is 1. The molecule has 1 aromatic heterocycles. The lowest BCUT2D eigenvalue weighted by Crippen LogP contribution is -2.19. The minimum atomic E-state index is -5.09. The Bertz CT molecular complexity index is 463. The molecule has 0 aliphatic rings. The summed E-state index contributed by atoms with van der Waals surface area (Å²) in [5, 5.41) is 19.5. The summed E-state index contributed by atoms with van der Waals surface area (Å²) >= 11 is 0. The minimum absolute atomic E-state index is 0.432. The summed E-state index contributed by atoms with van der Waals surface area (Å²) in [4.78, 5) is 12.9. The van der Waals surface area contributed by atoms with Crippen molar-refractivity contribution in [3.8, 4) is 11.8 Å². The predicted octanol–water partition coefficient (Wildman–Crippen LogP) is 1.39. The second-order valence-corrected chi connectivity index (χ2v) is 2.93. The van der Waals surface area contributed by atoms with Crippen LogP contribution in [0.3, 0.4) is 0 Å². The van der Waals surface area contributed by atoms with Gasteiger partial charge in [0.2, 0.25) is 11.8 Å². The Morgan fingerprint density at radius 2 is 2.17 bits per heavy atom. The molecule has 0 spiro atoms. The van der Waals surface area contributed by atoms with E-state index < -0.39 is 40.9 Å². The third kappa shape index (κ3) is 3.20. The van der Waals surface area contributed by atoms with Gasteiger partial charge < -0.3 is 14.6 Å². The average Bonchev–Trinajstić information content (AvgIpc) is 2.25. The van der Waals surface area contributed by atoms with Gasteiger partial charge in [0.05, 0.1) is 24.7 Å². The lowest BCUT2D eigenvalue weighted by molar-refractivity contribution is -0.386. The van der Waals surface area contributed by atoms with Gasteiger partial charge in [-0.2, -0.15) is 4.98 Å². The van der Waals surface area contributed by atoms with E-state index in [-0.39, 0.29) is 0 Å². The molecule has 0 atom stereocenters. The number of methoxy groups -OCH3 is 1. The van der Waals surface area contributed by atoms with Gasteiger partial charge in [-0.15, -0.1) is 13.2 Å². The first kappa shape index (κ1) is 14.0. The van der Waals surface area contributed by atoms with Crippen molar-refractivity contribution in [1.82, 2.24) is 4.98 Å². The van der Waals surface area contributed by atoms with E-state index in [2.05, 4.69) is 14.5 Å². The number of ether oxygens (including phenoxy) is 2. The van der Waals surface area contributed by atoms with E-state index in [0.29, 0.717) is 0 Å². The fourth-order valence-electron chi connectivity index (χ4n) is 1.12. The zero-order valence-electron chi connectivity index (χ0n) is 8.89. The minimum Gasteiger partial charge on any atom is -0.481 e. The van der Waals surface area contributed by atoms with Gasteiger partial charge in [0.25, 0.3) is 5.69 Å². The van der Waals surface area contributed by atoms with Crippen molar-refractivity contribution >= 4 is 5.69 Å². The Kier molecular flexibility index (Phi) is 3.91. The molecule has 1 rings (SSSR count). The Morgan fingerprint density at radius 3 is 2.56 bits per heavy atom. The van der Waals surface area contributed by atoms with Crippen LogP contribution < -0.4 is 9.47 Å². The molecule has 7 nitrogen and oxygen atoms in total. The lowest BCUT2D eigenvalue weighted by Gasteiger charge is -2.12. The van der Waals surface area contributed by atoms with Crippen molar-refractivity contribution in [3.63, 3.8) is 0 Å². The number of hydrogen-bond acceptors (Lipinski definition) is 6. The number of nitrogens with zero attached hydrogens (tertiary/aromatic N) is 2. The highest BCUT2D eigenvalue weighted by atomic mass is 19.4. The molecule has 1 aromatic rings. The van der Waals surface area contributed by atoms with Crippen LogP contribution in [0.4, 0.5) is 18.9 Å². The molecule has 0 saturated heterocycles. The highest BCUT2D eigenvalue weighted by Gasteiger charge is 2.35. The van der Waals surface area contributed by atoms with Crippen molar-refractivity contribution < 1.29 is 32.7 Å². The number of rotatable bonds is 4. The first-order valence-corrected chi connectivity index (χ1v) is 4.37. The van der Waals surface area contributed by atoms with Gasteiger partial charge in [-0.25, -0.2) is 0 Å². The molecule has 10 heteroatoms. The first-order chi connectivity index (χ1) is 8.28. The van der Waals surface area contributed by atoms with E-state index in [0.717, 1.165) is 13.2 Å². The number of aromatic nitrogens is 1. The topological polar surface area (TPSA) is 94.7 Å². The summed E-state index contributed by atoms with van der Waals surface area (Å²) in [6.07, 6.45) is -5.09. The molecule has 0 saturated carbocycles. The molecule has 0 aliphatic carbocycles. The molecule has 0 unspecified atom stereocenters. The summed E-state index contributed by atoms with van der Waals surface area (Å²) in [5.74, 6) is -1.55. The van der Waals surface area contributed by atoms with Gasteiger partial charge in [0.15, 0.2) is 0 Å². The van der Waals surface area contributed by atoms with Gasteiger partial charge in [0.1, 0.15) is 5.56 Å². The van der Waals surface area contributed by atoms with Crippen molar-refractivity contribution in [1.29, 1.82) is 0 Å². The van der Waals surface area contributed by atoms with Gasteiger partial charge >= 0.3 is 6.36 Å². The van der Waals surface area contributed by atoms with Crippen LogP contribution >= 0.6 is 0 Å². The quantitative estimate of drug-likeness (QED) is 0.655. The molecule has 0 bridgehead atoms. The highest BCUT2D eigenvalue weighted by Crippen LogP contribution is 2.33. The van der Waals surface area contributed by atoms with Gasteiger partial charge in [-0.3, -0.25) is 10.1 Å². The maximum absolute atomic E-state index is 12.1. The monoisotopic (exact) mass is 268 g/mol. The predicted molar refractivity (Wildman–Crippen MR) is 50.0 cm³/mol. The third-order valence-corrected chi connectivity index (χ3v) is 1.82. The Morgan fingerprint density at radius 1 is 1.56 bits per heavy atom. The van der Waals surface area contributed by atoms with Gasteiger partial charge in [-0.1, -0.05) is 0 Å². The molecule has 1 N–H and O–H groups in total. The van der Waals surface area contributed by atoms with E-state index in [1.807, 2.05) is 0 Å². The van der Waals surface area contributed by atoms with Crippen LogP contribution in [-0.2, 0) is 6.61 Å². The van der Waals surface area contributed by atoms with Crippen LogP contribution in [-0.4, -0.2) is 28.5 Å². The van der Waals surface area contributed by atoms with Crippen LogP contribution in [0.2, 0.25) is 0 Å². The molecule has 1 heterocycles. The van der Waals surface area contributed by atoms with Crippen molar-refractivity contribution in [2.75, 3.05) is 7.11 Å². The zero-order valence-corrected chi connectivity index (χ0v) is 8.89. The van der Waals surface area contributed by atoms with E-state index in [1.54, 1.807) is 0 Å². The van der Waals surface area contributed by atoms with Crippen molar-refractivity contribution in [3.05, 3.63) is 21.7 Å². The molecule has 0 fully saturated rings. The molecule has 0 aliphatic heterocycles. The number of alkyl halides is 3. The van der Waals surface area contributed by atoms with Crippen LogP contribution in [0, 0.1) is 10.1 Å². The fourth-order valence-corrected chi connectivity index (χ4v) is 1.12. The second-order valence-electron chi connectivity index (χ2n) is 2.93. The molecule has 18 heavy (non-hydrogen) atoms. The maximum atomic E-state index is 12.1. The lowest BCUT2D eigenvalue weighted by atomic mass is 10.2. The van der Waals surface area contributed by atoms with Crippen LogP contribution in [0.1, 0.15) is 5.56 Å². The zero-order chi connectivity index (χ0) is 13.9. The number of aliphatic hydroxyl groups is 1. The second kappa shape index (κ2) is 5.04. The van der Waals surface area contributed by atoms with Crippen LogP contribution in [0.5, 0.6) is 11.8 Å². The largest absolute Gasteiger partial charge is 0.574 e. The van der Waals surface area contributed by atoms with E-state index in [1.165, 1.54) is 0 Å². The molecule has 0 amide bonds. The number of pyridine rings is 1. The Hall–Kier alpha value is -2.10. The molecule has 0 aromatic carbocycles. The summed E-state index contributed by atoms with van der Waals surface area (Å²) in [6.45, 7) is -1.03. The first-order valence-electron chi connectivity index (χ1n) is 4.37. The highest BCUT2D eigenvalue weighted by molar-refractivity contribution is 5.48. The third-order valence-electron chi connectivity index (χ3n) is 1.82. The Balaban J connectivity index is 3.37. The summed E-state index contributed by atoms with van der Waals surface area (Å²) in [7, 11) is 1.07. The smallest absolute Gasteiger partial charge is 0.481 e. The number of nitro groups is 1. The van der Waals surface area contributed by atoms with Crippen LogP contribution in [0.15, 0.2) is 6.07 Å². The summed E-state index contributed by atoms with van der Waals surface area (Å²) < 4.78 is 44.2. The summed E-state index contributed by atoms with van der Waals surface area (Å²) in [6, 6.07) is 0.786. The van der Waals surface area contributed by atoms with Crippen molar-refractivity contribution in [2.45, 2.75) is 13.0 Å². The molecule has 0 radical (unpaired) electrons. The number of hydrogen-bond donors (Lipinski definition) is 1. The maximum Gasteiger partial charge on any atom is 0.574 e. The van der Waals surface area contributed by atoms with Gasteiger partial charge in [-0.05, 0) is 0 Å². The molecular formula is C8H7F3N2O5.